The molecule has 0 spiro atoms. The summed E-state index contributed by atoms with van der Waals surface area (Å²) in [6.45, 7) is 9.30. The predicted octanol–water partition coefficient (Wildman–Crippen LogP) is 3.12. The van der Waals surface area contributed by atoms with Gasteiger partial charge in [-0.2, -0.15) is 0 Å². The summed E-state index contributed by atoms with van der Waals surface area (Å²) in [5, 5.41) is 5.36. The van der Waals surface area contributed by atoms with Gasteiger partial charge < -0.3 is 15.4 Å². The van der Waals surface area contributed by atoms with Gasteiger partial charge in [-0.3, -0.25) is 9.59 Å². The Hall–Kier alpha value is -2.75. The number of amides is 2. The van der Waals surface area contributed by atoms with Crippen molar-refractivity contribution in [2.75, 3.05) is 30.9 Å². The van der Waals surface area contributed by atoms with E-state index in [1.54, 1.807) is 38.1 Å². The van der Waals surface area contributed by atoms with Gasteiger partial charge in [-0.25, -0.2) is 13.1 Å². The first-order valence-corrected chi connectivity index (χ1v) is 11.7. The van der Waals surface area contributed by atoms with E-state index in [9.17, 15) is 18.0 Å². The molecule has 2 aromatic carbocycles. The van der Waals surface area contributed by atoms with E-state index < -0.39 is 10.0 Å². The number of methoxy groups -OCH3 is 1. The third-order valence-corrected chi connectivity index (χ3v) is 7.28. The van der Waals surface area contributed by atoms with Crippen molar-refractivity contribution in [1.82, 2.24) is 4.72 Å². The average molecular weight is 462 g/mol. The van der Waals surface area contributed by atoms with Crippen LogP contribution in [0.2, 0.25) is 0 Å². The van der Waals surface area contributed by atoms with Crippen LogP contribution in [-0.4, -0.2) is 40.5 Å². The molecule has 0 aliphatic carbocycles. The first kappa shape index (κ1) is 25.5. The van der Waals surface area contributed by atoms with E-state index in [0.29, 0.717) is 11.4 Å². The quantitative estimate of drug-likeness (QED) is 0.531. The number of ether oxygens (including phenoxy) is 1. The number of hydrogen-bond donors (Lipinski definition) is 3. The molecule has 2 aromatic rings. The van der Waals surface area contributed by atoms with Crippen molar-refractivity contribution in [3.63, 3.8) is 0 Å². The minimum atomic E-state index is -3.77. The van der Waals surface area contributed by atoms with Crippen molar-refractivity contribution in [1.29, 1.82) is 0 Å². The lowest BCUT2D eigenvalue weighted by molar-refractivity contribution is -0.119. The van der Waals surface area contributed by atoms with Crippen LogP contribution in [0.15, 0.2) is 29.2 Å². The summed E-state index contributed by atoms with van der Waals surface area (Å²) in [5.41, 5.74) is 5.42. The van der Waals surface area contributed by atoms with Gasteiger partial charge in [0.25, 0.3) is 0 Å². The van der Waals surface area contributed by atoms with Crippen LogP contribution in [0.3, 0.4) is 0 Å². The first-order chi connectivity index (χ1) is 15.0. The van der Waals surface area contributed by atoms with Crippen molar-refractivity contribution in [2.45, 2.75) is 45.9 Å². The molecule has 0 saturated heterocycles. The normalized spacial score (nSPS) is 11.3. The van der Waals surface area contributed by atoms with Gasteiger partial charge in [0.15, 0.2) is 0 Å². The summed E-state index contributed by atoms with van der Waals surface area (Å²) in [4.78, 5) is 24.2. The Morgan fingerprint density at radius 3 is 1.88 bits per heavy atom. The Balaban J connectivity index is 2.01. The summed E-state index contributed by atoms with van der Waals surface area (Å²) in [6, 6.07) is 6.67. The number of anilines is 2. The lowest BCUT2D eigenvalue weighted by atomic mass is 9.95. The molecule has 0 unspecified atom stereocenters. The molecule has 2 rings (SSSR count). The number of nitrogens with one attached hydrogen (secondary N) is 3. The highest BCUT2D eigenvalue weighted by molar-refractivity contribution is 7.89. The van der Waals surface area contributed by atoms with E-state index in [1.165, 1.54) is 7.11 Å². The van der Waals surface area contributed by atoms with Crippen LogP contribution < -0.4 is 15.4 Å². The zero-order chi connectivity index (χ0) is 24.1. The van der Waals surface area contributed by atoms with Crippen LogP contribution in [-0.2, 0) is 24.3 Å². The molecular weight excluding hydrogens is 430 g/mol. The summed E-state index contributed by atoms with van der Waals surface area (Å²) in [7, 11) is -2.34. The average Bonchev–Trinajstić information content (AvgIpc) is 2.71. The van der Waals surface area contributed by atoms with E-state index in [1.807, 2.05) is 20.8 Å². The first-order valence-electron chi connectivity index (χ1n) is 10.2. The Kier molecular flexibility index (Phi) is 8.54. The molecule has 174 valence electrons. The van der Waals surface area contributed by atoms with Gasteiger partial charge in [0, 0.05) is 31.5 Å². The Bertz CT molecular complexity index is 1100. The van der Waals surface area contributed by atoms with Crippen molar-refractivity contribution >= 4 is 33.2 Å². The maximum Gasteiger partial charge on any atom is 0.250 e. The van der Waals surface area contributed by atoms with E-state index in [2.05, 4.69) is 15.4 Å². The SMILES string of the molecule is COCC(=O)Nc1cccc(NC(=O)CCNS(=O)(=O)c2c(C)c(C)c(C)c(C)c2C)c1. The fraction of sp³-hybridized carbons (Fsp3) is 0.391. The zero-order valence-corrected chi connectivity index (χ0v) is 20.2. The predicted molar refractivity (Wildman–Crippen MR) is 126 cm³/mol. The van der Waals surface area contributed by atoms with E-state index >= 15 is 0 Å². The molecule has 32 heavy (non-hydrogen) atoms. The molecular formula is C23H31N3O5S. The maximum atomic E-state index is 12.9. The molecule has 0 radical (unpaired) electrons. The largest absolute Gasteiger partial charge is 0.375 e. The van der Waals surface area contributed by atoms with Gasteiger partial charge in [0.1, 0.15) is 6.61 Å². The molecule has 8 nitrogen and oxygen atoms in total. The van der Waals surface area contributed by atoms with Gasteiger partial charge in [-0.1, -0.05) is 6.07 Å². The summed E-state index contributed by atoms with van der Waals surface area (Å²) < 4.78 is 33.2. The van der Waals surface area contributed by atoms with Gasteiger partial charge in [-0.15, -0.1) is 0 Å². The molecule has 0 fully saturated rings. The minimum Gasteiger partial charge on any atom is -0.375 e. The molecule has 0 saturated carbocycles. The molecule has 3 N–H and O–H groups in total. The molecule has 0 bridgehead atoms. The highest BCUT2D eigenvalue weighted by atomic mass is 32.2. The van der Waals surface area contributed by atoms with Gasteiger partial charge in [0.2, 0.25) is 21.8 Å². The second-order valence-corrected chi connectivity index (χ2v) is 9.42. The fourth-order valence-electron chi connectivity index (χ4n) is 3.47. The van der Waals surface area contributed by atoms with Crippen LogP contribution in [0.4, 0.5) is 11.4 Å². The smallest absolute Gasteiger partial charge is 0.250 e. The highest BCUT2D eigenvalue weighted by Crippen LogP contribution is 2.29. The van der Waals surface area contributed by atoms with Crippen LogP contribution >= 0.6 is 0 Å². The number of sulfonamides is 1. The third-order valence-electron chi connectivity index (χ3n) is 5.55. The summed E-state index contributed by atoms with van der Waals surface area (Å²) in [5.74, 6) is -0.657. The zero-order valence-electron chi connectivity index (χ0n) is 19.4. The standard InChI is InChI=1S/C23H31N3O5S/c1-14-15(2)17(4)23(18(5)16(14)3)32(29,30)24-11-10-21(27)25-19-8-7-9-20(12-19)26-22(28)13-31-6/h7-9,12,24H,10-11,13H2,1-6H3,(H,25,27)(H,26,28). The fourth-order valence-corrected chi connectivity index (χ4v) is 5.09. The van der Waals surface area contributed by atoms with Crippen LogP contribution in [0, 0.1) is 34.6 Å². The summed E-state index contributed by atoms with van der Waals surface area (Å²) in [6.07, 6.45) is -0.0403. The Morgan fingerprint density at radius 2 is 1.34 bits per heavy atom. The second kappa shape index (κ2) is 10.7. The topological polar surface area (TPSA) is 114 Å². The van der Waals surface area contributed by atoms with Crippen molar-refractivity contribution in [3.8, 4) is 0 Å². The van der Waals surface area contributed by atoms with Gasteiger partial charge in [0.05, 0.1) is 4.90 Å². The summed E-state index contributed by atoms with van der Waals surface area (Å²) >= 11 is 0. The van der Waals surface area contributed by atoms with E-state index in [4.69, 9.17) is 4.74 Å². The lowest BCUT2D eigenvalue weighted by Crippen LogP contribution is -2.29. The Labute approximate surface area is 189 Å². The molecule has 9 heteroatoms. The van der Waals surface area contributed by atoms with Gasteiger partial charge >= 0.3 is 0 Å². The second-order valence-electron chi connectivity index (χ2n) is 7.71. The highest BCUT2D eigenvalue weighted by Gasteiger charge is 2.23. The van der Waals surface area contributed by atoms with Crippen molar-refractivity contribution in [3.05, 3.63) is 52.1 Å². The molecule has 0 atom stereocenters. The molecule has 0 aromatic heterocycles. The number of carbonyl (C=O) groups excluding carboxylic acids is 2. The molecule has 0 aliphatic heterocycles. The van der Waals surface area contributed by atoms with Crippen LogP contribution in [0.1, 0.15) is 34.2 Å². The van der Waals surface area contributed by atoms with Crippen molar-refractivity contribution in [2.24, 2.45) is 0 Å². The number of benzene rings is 2. The third kappa shape index (κ3) is 6.15. The maximum absolute atomic E-state index is 12.9. The van der Waals surface area contributed by atoms with Crippen LogP contribution in [0.25, 0.3) is 0 Å². The van der Waals surface area contributed by atoms with Crippen molar-refractivity contribution < 1.29 is 22.7 Å². The van der Waals surface area contributed by atoms with E-state index in [0.717, 1.165) is 27.8 Å². The molecule has 0 aliphatic rings. The number of carbonyl (C=O) groups is 2. The molecule has 0 heterocycles. The molecule has 2 amide bonds. The van der Waals surface area contributed by atoms with Gasteiger partial charge in [-0.05, 0) is 80.6 Å². The Morgan fingerprint density at radius 1 is 0.844 bits per heavy atom. The van der Waals surface area contributed by atoms with E-state index in [-0.39, 0.29) is 36.3 Å². The number of rotatable bonds is 9. The number of hydrogen-bond acceptors (Lipinski definition) is 5. The minimum absolute atomic E-state index is 0.0384. The monoisotopic (exact) mass is 461 g/mol. The lowest BCUT2D eigenvalue weighted by Gasteiger charge is -2.19. The van der Waals surface area contributed by atoms with Crippen LogP contribution in [0.5, 0.6) is 0 Å².